The van der Waals surface area contributed by atoms with Crippen molar-refractivity contribution < 1.29 is 19.8 Å². The van der Waals surface area contributed by atoms with Gasteiger partial charge >= 0.3 is 11.9 Å². The summed E-state index contributed by atoms with van der Waals surface area (Å²) in [4.78, 5) is 21.5. The zero-order valence-corrected chi connectivity index (χ0v) is 7.85. The molecule has 0 aromatic carbocycles. The van der Waals surface area contributed by atoms with Gasteiger partial charge in [-0.3, -0.25) is 9.59 Å². The number of carboxylic acid groups (broad SMARTS) is 2. The third kappa shape index (κ3) is 2.87. The molecule has 2 N–H and O–H groups in total. The lowest BCUT2D eigenvalue weighted by atomic mass is 9.87. The Labute approximate surface area is 82.2 Å². The highest BCUT2D eigenvalue weighted by atomic mass is 16.4. The zero-order valence-electron chi connectivity index (χ0n) is 7.85. The molecular weight excluding hydrogens is 184 g/mol. The summed E-state index contributed by atoms with van der Waals surface area (Å²) in [6.45, 7) is 0. The molecule has 0 saturated carbocycles. The molecule has 0 amide bonds. The molecule has 1 aliphatic rings. The molecule has 0 aliphatic heterocycles. The summed E-state index contributed by atoms with van der Waals surface area (Å²) in [6, 6.07) is 0. The van der Waals surface area contributed by atoms with Crippen molar-refractivity contribution in [2.45, 2.75) is 25.7 Å². The maximum absolute atomic E-state index is 10.8. The minimum atomic E-state index is -0.900. The standard InChI is InChI=1S/C10H14O4/c11-9(12)7-4-2-1-3-5-8(6-7)10(13)14/h1-2,7-8H,3-6H2,(H,11,12)(H,13,14). The average molecular weight is 198 g/mol. The van der Waals surface area contributed by atoms with Crippen LogP contribution in [0.5, 0.6) is 0 Å². The van der Waals surface area contributed by atoms with E-state index in [2.05, 4.69) is 0 Å². The van der Waals surface area contributed by atoms with E-state index in [-0.39, 0.29) is 6.42 Å². The highest BCUT2D eigenvalue weighted by Gasteiger charge is 2.26. The first-order valence-electron chi connectivity index (χ1n) is 4.72. The fourth-order valence-electron chi connectivity index (χ4n) is 1.66. The van der Waals surface area contributed by atoms with Crippen LogP contribution in [0.15, 0.2) is 12.2 Å². The molecule has 4 heteroatoms. The second kappa shape index (κ2) is 4.79. The van der Waals surface area contributed by atoms with Gasteiger partial charge in [-0.1, -0.05) is 12.2 Å². The summed E-state index contributed by atoms with van der Waals surface area (Å²) in [7, 11) is 0. The van der Waals surface area contributed by atoms with Crippen LogP contribution in [-0.4, -0.2) is 22.2 Å². The summed E-state index contributed by atoms with van der Waals surface area (Å²) >= 11 is 0. The van der Waals surface area contributed by atoms with Gasteiger partial charge in [0.05, 0.1) is 11.8 Å². The average Bonchev–Trinajstić information content (AvgIpc) is 2.01. The van der Waals surface area contributed by atoms with E-state index in [9.17, 15) is 9.59 Å². The number of carbonyl (C=O) groups is 2. The van der Waals surface area contributed by atoms with Gasteiger partial charge in [0.25, 0.3) is 0 Å². The Kier molecular flexibility index (Phi) is 3.68. The highest BCUT2D eigenvalue weighted by Crippen LogP contribution is 2.24. The predicted octanol–water partition coefficient (Wildman–Crippen LogP) is 1.52. The zero-order chi connectivity index (χ0) is 10.6. The fraction of sp³-hybridized carbons (Fsp3) is 0.600. The molecule has 0 aromatic heterocycles. The molecule has 0 saturated heterocycles. The van der Waals surface area contributed by atoms with Gasteiger partial charge in [-0.25, -0.2) is 0 Å². The van der Waals surface area contributed by atoms with Crippen molar-refractivity contribution in [2.24, 2.45) is 11.8 Å². The Bertz CT molecular complexity index is 257. The molecule has 0 heterocycles. The first kappa shape index (κ1) is 10.8. The van der Waals surface area contributed by atoms with E-state index in [0.29, 0.717) is 12.8 Å². The molecule has 0 bridgehead atoms. The monoisotopic (exact) mass is 198 g/mol. The normalized spacial score (nSPS) is 27.7. The molecule has 1 rings (SSSR count). The van der Waals surface area contributed by atoms with Gasteiger partial charge in [0.15, 0.2) is 0 Å². The van der Waals surface area contributed by atoms with Gasteiger partial charge < -0.3 is 10.2 Å². The molecular formula is C10H14O4. The maximum atomic E-state index is 10.8. The molecule has 2 atom stereocenters. The molecule has 0 fully saturated rings. The van der Waals surface area contributed by atoms with Crippen LogP contribution in [0, 0.1) is 11.8 Å². The molecule has 2 unspecified atom stereocenters. The van der Waals surface area contributed by atoms with Gasteiger partial charge in [-0.05, 0) is 25.7 Å². The van der Waals surface area contributed by atoms with Crippen LogP contribution in [0.1, 0.15) is 25.7 Å². The van der Waals surface area contributed by atoms with Crippen LogP contribution >= 0.6 is 0 Å². The van der Waals surface area contributed by atoms with Crippen LogP contribution in [0.3, 0.4) is 0 Å². The summed E-state index contributed by atoms with van der Waals surface area (Å²) in [6.07, 6.45) is 5.65. The topological polar surface area (TPSA) is 74.6 Å². The molecule has 4 nitrogen and oxygen atoms in total. The van der Waals surface area contributed by atoms with E-state index < -0.39 is 23.8 Å². The Morgan fingerprint density at radius 3 is 2.29 bits per heavy atom. The minimum Gasteiger partial charge on any atom is -0.481 e. The lowest BCUT2D eigenvalue weighted by Crippen LogP contribution is -2.23. The smallest absolute Gasteiger partial charge is 0.306 e. The molecule has 14 heavy (non-hydrogen) atoms. The molecule has 0 aromatic rings. The molecule has 0 radical (unpaired) electrons. The number of aliphatic carboxylic acids is 2. The molecule has 0 spiro atoms. The van der Waals surface area contributed by atoms with Crippen molar-refractivity contribution >= 4 is 11.9 Å². The van der Waals surface area contributed by atoms with E-state index in [1.807, 2.05) is 12.2 Å². The predicted molar refractivity (Wildman–Crippen MR) is 49.9 cm³/mol. The van der Waals surface area contributed by atoms with E-state index in [1.165, 1.54) is 0 Å². The largest absolute Gasteiger partial charge is 0.481 e. The summed E-state index contributed by atoms with van der Waals surface area (Å²) in [5.74, 6) is -2.84. The fourth-order valence-corrected chi connectivity index (χ4v) is 1.66. The van der Waals surface area contributed by atoms with E-state index in [1.54, 1.807) is 0 Å². The van der Waals surface area contributed by atoms with Gasteiger partial charge in [-0.15, -0.1) is 0 Å². The second-order valence-electron chi connectivity index (χ2n) is 3.59. The minimum absolute atomic E-state index is 0.245. The Morgan fingerprint density at radius 2 is 1.71 bits per heavy atom. The van der Waals surface area contributed by atoms with Gasteiger partial charge in [0.1, 0.15) is 0 Å². The lowest BCUT2D eigenvalue weighted by Gasteiger charge is -2.18. The van der Waals surface area contributed by atoms with Crippen molar-refractivity contribution in [3.05, 3.63) is 12.2 Å². The Hall–Kier alpha value is -1.32. The van der Waals surface area contributed by atoms with Crippen molar-refractivity contribution in [1.29, 1.82) is 0 Å². The van der Waals surface area contributed by atoms with Crippen molar-refractivity contribution in [3.8, 4) is 0 Å². The lowest BCUT2D eigenvalue weighted by molar-refractivity contribution is -0.145. The highest BCUT2D eigenvalue weighted by molar-refractivity contribution is 5.74. The summed E-state index contributed by atoms with van der Waals surface area (Å²) in [5, 5.41) is 17.7. The molecule has 1 aliphatic carbocycles. The number of rotatable bonds is 2. The quantitative estimate of drug-likeness (QED) is 0.659. The van der Waals surface area contributed by atoms with Crippen molar-refractivity contribution in [3.63, 3.8) is 0 Å². The van der Waals surface area contributed by atoms with Crippen LogP contribution in [0.2, 0.25) is 0 Å². The van der Waals surface area contributed by atoms with Crippen LogP contribution in [0.25, 0.3) is 0 Å². The summed E-state index contributed by atoms with van der Waals surface area (Å²) in [5.41, 5.74) is 0. The van der Waals surface area contributed by atoms with Crippen molar-refractivity contribution in [2.75, 3.05) is 0 Å². The van der Waals surface area contributed by atoms with Crippen molar-refractivity contribution in [1.82, 2.24) is 0 Å². The van der Waals surface area contributed by atoms with Crippen LogP contribution in [-0.2, 0) is 9.59 Å². The van der Waals surface area contributed by atoms with Gasteiger partial charge in [-0.2, -0.15) is 0 Å². The van der Waals surface area contributed by atoms with E-state index >= 15 is 0 Å². The second-order valence-corrected chi connectivity index (χ2v) is 3.59. The number of hydrogen-bond acceptors (Lipinski definition) is 2. The Balaban J connectivity index is 2.68. The third-order valence-electron chi connectivity index (χ3n) is 2.54. The first-order valence-corrected chi connectivity index (χ1v) is 4.72. The first-order chi connectivity index (χ1) is 6.61. The SMILES string of the molecule is O=C(O)C1CC=CCCC(C(=O)O)C1. The van der Waals surface area contributed by atoms with E-state index in [0.717, 1.165) is 6.42 Å². The van der Waals surface area contributed by atoms with Gasteiger partial charge in [0, 0.05) is 0 Å². The number of hydrogen-bond donors (Lipinski definition) is 2. The Morgan fingerprint density at radius 1 is 1.07 bits per heavy atom. The number of carboxylic acids is 2. The van der Waals surface area contributed by atoms with E-state index in [4.69, 9.17) is 10.2 Å². The molecule has 78 valence electrons. The van der Waals surface area contributed by atoms with Gasteiger partial charge in [0.2, 0.25) is 0 Å². The maximum Gasteiger partial charge on any atom is 0.306 e. The summed E-state index contributed by atoms with van der Waals surface area (Å²) < 4.78 is 0. The van der Waals surface area contributed by atoms with Crippen LogP contribution in [0.4, 0.5) is 0 Å². The van der Waals surface area contributed by atoms with Crippen LogP contribution < -0.4 is 0 Å². The number of allylic oxidation sites excluding steroid dienone is 2. The third-order valence-corrected chi connectivity index (χ3v) is 2.54.